The fourth-order valence-corrected chi connectivity index (χ4v) is 3.36. The van der Waals surface area contributed by atoms with Gasteiger partial charge in [0.25, 0.3) is 0 Å². The molecule has 6 nitrogen and oxygen atoms in total. The Bertz CT molecular complexity index is 391. The van der Waals surface area contributed by atoms with Gasteiger partial charge in [0.15, 0.2) is 0 Å². The topological polar surface area (TPSA) is 78.9 Å². The van der Waals surface area contributed by atoms with Crippen LogP contribution in [0.15, 0.2) is 0 Å². The number of ether oxygens (including phenoxy) is 1. The number of carboxylic acid groups (broad SMARTS) is 1. The van der Waals surface area contributed by atoms with Crippen molar-refractivity contribution in [3.63, 3.8) is 0 Å². The molecule has 120 valence electrons. The minimum atomic E-state index is -0.916. The number of rotatable bonds is 3. The molecule has 1 atom stereocenters. The first kappa shape index (κ1) is 16.1. The lowest BCUT2D eigenvalue weighted by Gasteiger charge is -2.44. The van der Waals surface area contributed by atoms with Gasteiger partial charge in [-0.05, 0) is 37.0 Å². The number of urea groups is 1. The maximum absolute atomic E-state index is 12.4. The Morgan fingerprint density at radius 3 is 2.62 bits per heavy atom. The number of amides is 2. The van der Waals surface area contributed by atoms with E-state index < -0.39 is 12.0 Å². The Labute approximate surface area is 125 Å². The maximum atomic E-state index is 12.4. The molecule has 0 aromatic rings. The maximum Gasteiger partial charge on any atom is 0.327 e. The number of nitrogens with one attached hydrogen (secondary N) is 1. The first-order chi connectivity index (χ1) is 9.92. The molecule has 0 aliphatic carbocycles. The molecule has 0 saturated carbocycles. The van der Waals surface area contributed by atoms with Crippen molar-refractivity contribution in [1.82, 2.24) is 10.2 Å². The van der Waals surface area contributed by atoms with Crippen molar-refractivity contribution in [2.45, 2.75) is 45.6 Å². The molecule has 6 heteroatoms. The summed E-state index contributed by atoms with van der Waals surface area (Å²) in [5, 5.41) is 12.4. The molecule has 2 saturated heterocycles. The summed E-state index contributed by atoms with van der Waals surface area (Å²) in [4.78, 5) is 25.4. The Morgan fingerprint density at radius 1 is 1.33 bits per heavy atom. The third kappa shape index (κ3) is 3.87. The SMILES string of the molecule is CC1(C)CCCN(C(=O)NCC2CCOCC2)C1C(=O)O. The highest BCUT2D eigenvalue weighted by Gasteiger charge is 2.44. The minimum Gasteiger partial charge on any atom is -0.480 e. The number of carboxylic acids is 1. The van der Waals surface area contributed by atoms with Gasteiger partial charge in [0.05, 0.1) is 0 Å². The van der Waals surface area contributed by atoms with E-state index in [1.54, 1.807) is 0 Å². The van der Waals surface area contributed by atoms with E-state index >= 15 is 0 Å². The molecule has 2 heterocycles. The molecule has 0 bridgehead atoms. The zero-order valence-corrected chi connectivity index (χ0v) is 12.9. The average Bonchev–Trinajstić information content (AvgIpc) is 2.44. The molecule has 2 aliphatic rings. The molecule has 2 aliphatic heterocycles. The molecule has 0 radical (unpaired) electrons. The van der Waals surface area contributed by atoms with Gasteiger partial charge in [0.1, 0.15) is 6.04 Å². The number of likely N-dealkylation sites (tertiary alicyclic amines) is 1. The smallest absolute Gasteiger partial charge is 0.327 e. The van der Waals surface area contributed by atoms with Gasteiger partial charge in [0, 0.05) is 26.3 Å². The quantitative estimate of drug-likeness (QED) is 0.831. The van der Waals surface area contributed by atoms with Gasteiger partial charge in [-0.15, -0.1) is 0 Å². The molecule has 0 spiro atoms. The van der Waals surface area contributed by atoms with E-state index in [4.69, 9.17) is 4.74 Å². The van der Waals surface area contributed by atoms with Gasteiger partial charge >= 0.3 is 12.0 Å². The molecule has 0 aromatic heterocycles. The summed E-state index contributed by atoms with van der Waals surface area (Å²) >= 11 is 0. The standard InChI is InChI=1S/C15H26N2O4/c1-15(2)6-3-7-17(12(15)13(18)19)14(20)16-10-11-4-8-21-9-5-11/h11-12H,3-10H2,1-2H3,(H,16,20)(H,18,19). The lowest BCUT2D eigenvalue weighted by molar-refractivity contribution is -0.148. The van der Waals surface area contributed by atoms with E-state index in [0.29, 0.717) is 19.0 Å². The highest BCUT2D eigenvalue weighted by molar-refractivity contribution is 5.83. The van der Waals surface area contributed by atoms with E-state index in [0.717, 1.165) is 38.9 Å². The number of hydrogen-bond donors (Lipinski definition) is 2. The van der Waals surface area contributed by atoms with Crippen LogP contribution in [-0.4, -0.2) is 54.4 Å². The summed E-state index contributed by atoms with van der Waals surface area (Å²) in [5.74, 6) is -0.482. The molecular weight excluding hydrogens is 272 g/mol. The molecule has 0 aromatic carbocycles. The third-order valence-corrected chi connectivity index (χ3v) is 4.65. The van der Waals surface area contributed by atoms with Crippen molar-refractivity contribution in [3.8, 4) is 0 Å². The monoisotopic (exact) mass is 298 g/mol. The summed E-state index contributed by atoms with van der Waals surface area (Å²) in [7, 11) is 0. The van der Waals surface area contributed by atoms with E-state index in [2.05, 4.69) is 5.32 Å². The van der Waals surface area contributed by atoms with Crippen molar-refractivity contribution < 1.29 is 19.4 Å². The van der Waals surface area contributed by atoms with E-state index in [9.17, 15) is 14.7 Å². The van der Waals surface area contributed by atoms with Crippen molar-refractivity contribution in [2.24, 2.45) is 11.3 Å². The second-order valence-electron chi connectivity index (χ2n) is 6.77. The van der Waals surface area contributed by atoms with Crippen LogP contribution < -0.4 is 5.32 Å². The number of carbonyl (C=O) groups excluding carboxylic acids is 1. The molecular formula is C15H26N2O4. The highest BCUT2D eigenvalue weighted by Crippen LogP contribution is 2.35. The Hall–Kier alpha value is -1.30. The number of nitrogens with zero attached hydrogens (tertiary/aromatic N) is 1. The zero-order chi connectivity index (χ0) is 15.5. The molecule has 2 fully saturated rings. The number of aliphatic carboxylic acids is 1. The molecule has 1 unspecified atom stereocenters. The first-order valence-electron chi connectivity index (χ1n) is 7.77. The van der Waals surface area contributed by atoms with Crippen LogP contribution in [0.4, 0.5) is 4.79 Å². The van der Waals surface area contributed by atoms with Crippen molar-refractivity contribution in [3.05, 3.63) is 0 Å². The van der Waals surface area contributed by atoms with Crippen LogP contribution in [-0.2, 0) is 9.53 Å². The van der Waals surface area contributed by atoms with Crippen LogP contribution in [0.5, 0.6) is 0 Å². The fourth-order valence-electron chi connectivity index (χ4n) is 3.36. The van der Waals surface area contributed by atoms with Crippen LogP contribution in [0.3, 0.4) is 0 Å². The Balaban J connectivity index is 1.94. The summed E-state index contributed by atoms with van der Waals surface area (Å²) in [6.45, 7) is 6.45. The summed E-state index contributed by atoms with van der Waals surface area (Å²) in [6.07, 6.45) is 3.58. The van der Waals surface area contributed by atoms with Crippen molar-refractivity contribution >= 4 is 12.0 Å². The van der Waals surface area contributed by atoms with Gasteiger partial charge < -0.3 is 20.1 Å². The van der Waals surface area contributed by atoms with Gasteiger partial charge in [-0.1, -0.05) is 13.8 Å². The van der Waals surface area contributed by atoms with Crippen LogP contribution in [0, 0.1) is 11.3 Å². The summed E-state index contributed by atoms with van der Waals surface area (Å²) in [5.41, 5.74) is -0.389. The zero-order valence-electron chi connectivity index (χ0n) is 12.9. The third-order valence-electron chi connectivity index (χ3n) is 4.65. The van der Waals surface area contributed by atoms with E-state index in [-0.39, 0.29) is 11.4 Å². The van der Waals surface area contributed by atoms with E-state index in [1.165, 1.54) is 4.90 Å². The molecule has 2 rings (SSSR count). The molecule has 2 amide bonds. The van der Waals surface area contributed by atoms with Gasteiger partial charge in [-0.3, -0.25) is 0 Å². The second kappa shape index (κ2) is 6.64. The average molecular weight is 298 g/mol. The Morgan fingerprint density at radius 2 is 2.00 bits per heavy atom. The molecule has 2 N–H and O–H groups in total. The number of hydrogen-bond acceptors (Lipinski definition) is 3. The molecule has 21 heavy (non-hydrogen) atoms. The number of piperidine rings is 1. The van der Waals surface area contributed by atoms with Crippen LogP contribution in [0.2, 0.25) is 0 Å². The Kier molecular flexibility index (Phi) is 5.08. The van der Waals surface area contributed by atoms with Gasteiger partial charge in [0.2, 0.25) is 0 Å². The van der Waals surface area contributed by atoms with Crippen LogP contribution in [0.25, 0.3) is 0 Å². The highest BCUT2D eigenvalue weighted by atomic mass is 16.5. The summed E-state index contributed by atoms with van der Waals surface area (Å²) < 4.78 is 5.30. The normalized spacial score (nSPS) is 26.4. The van der Waals surface area contributed by atoms with Crippen molar-refractivity contribution in [2.75, 3.05) is 26.3 Å². The lowest BCUT2D eigenvalue weighted by atomic mass is 9.76. The largest absolute Gasteiger partial charge is 0.480 e. The van der Waals surface area contributed by atoms with Crippen LogP contribution >= 0.6 is 0 Å². The van der Waals surface area contributed by atoms with Crippen molar-refractivity contribution in [1.29, 1.82) is 0 Å². The summed E-state index contributed by atoms with van der Waals surface area (Å²) in [6, 6.07) is -0.998. The predicted molar refractivity (Wildman–Crippen MR) is 78.1 cm³/mol. The second-order valence-corrected chi connectivity index (χ2v) is 6.77. The predicted octanol–water partition coefficient (Wildman–Crippen LogP) is 1.70. The van der Waals surface area contributed by atoms with Gasteiger partial charge in [-0.25, -0.2) is 9.59 Å². The van der Waals surface area contributed by atoms with Gasteiger partial charge in [-0.2, -0.15) is 0 Å². The number of carbonyl (C=O) groups is 2. The minimum absolute atomic E-state index is 0.248. The van der Waals surface area contributed by atoms with E-state index in [1.807, 2.05) is 13.8 Å². The fraction of sp³-hybridized carbons (Fsp3) is 0.867. The first-order valence-corrected chi connectivity index (χ1v) is 7.77. The van der Waals surface area contributed by atoms with Crippen LogP contribution in [0.1, 0.15) is 39.5 Å². The lowest BCUT2D eigenvalue weighted by Crippen LogP contribution is -2.59.